The average molecular weight is 354 g/mol. The Morgan fingerprint density at radius 2 is 1.92 bits per heavy atom. The summed E-state index contributed by atoms with van der Waals surface area (Å²) in [5.41, 5.74) is 1.49. The van der Waals surface area contributed by atoms with Crippen LogP contribution >= 0.6 is 0 Å². The van der Waals surface area contributed by atoms with Crippen LogP contribution in [-0.2, 0) is 9.59 Å². The molecule has 2 amide bonds. The lowest BCUT2D eigenvalue weighted by Crippen LogP contribution is -2.49. The van der Waals surface area contributed by atoms with E-state index >= 15 is 0 Å². The first-order valence-corrected chi connectivity index (χ1v) is 8.50. The van der Waals surface area contributed by atoms with Crippen molar-refractivity contribution in [3.05, 3.63) is 54.1 Å². The molecule has 2 aromatic carbocycles. The minimum absolute atomic E-state index is 0.0664. The lowest BCUT2D eigenvalue weighted by atomic mass is 10.1. The van der Waals surface area contributed by atoms with Crippen molar-refractivity contribution in [2.45, 2.75) is 26.0 Å². The van der Waals surface area contributed by atoms with Crippen molar-refractivity contribution in [2.24, 2.45) is 0 Å². The number of hydrogen-bond donors (Lipinski definition) is 1. The van der Waals surface area contributed by atoms with Gasteiger partial charge < -0.3 is 14.8 Å². The summed E-state index contributed by atoms with van der Waals surface area (Å²) < 4.78 is 10.9. The molecule has 6 heteroatoms. The van der Waals surface area contributed by atoms with Gasteiger partial charge in [0.2, 0.25) is 5.91 Å². The SMILES string of the molecule is COc1ccccc1[C@@H](C)NC(=O)CN1C(=O)[C@@H](C)Oc2ccccc21. The number of nitrogens with zero attached hydrogens (tertiary/aromatic N) is 1. The smallest absolute Gasteiger partial charge is 0.268 e. The minimum atomic E-state index is -0.621. The molecule has 2 atom stereocenters. The Labute approximate surface area is 152 Å². The Bertz CT molecular complexity index is 821. The largest absolute Gasteiger partial charge is 0.496 e. The number of ether oxygens (including phenoxy) is 2. The molecule has 2 aromatic rings. The number of fused-ring (bicyclic) bond motifs is 1. The van der Waals surface area contributed by atoms with Crippen LogP contribution in [0.25, 0.3) is 0 Å². The molecule has 3 rings (SSSR count). The summed E-state index contributed by atoms with van der Waals surface area (Å²) in [6, 6.07) is 14.5. The molecule has 0 fully saturated rings. The highest BCUT2D eigenvalue weighted by molar-refractivity contribution is 6.03. The highest BCUT2D eigenvalue weighted by Crippen LogP contribution is 2.33. The number of rotatable bonds is 5. The highest BCUT2D eigenvalue weighted by Gasteiger charge is 2.32. The predicted molar refractivity (Wildman–Crippen MR) is 98.4 cm³/mol. The van der Waals surface area contributed by atoms with E-state index in [1.807, 2.05) is 43.3 Å². The fraction of sp³-hybridized carbons (Fsp3) is 0.300. The Balaban J connectivity index is 1.74. The van der Waals surface area contributed by atoms with E-state index in [1.54, 1.807) is 26.2 Å². The average Bonchev–Trinajstić information content (AvgIpc) is 2.65. The molecule has 26 heavy (non-hydrogen) atoms. The third-order valence-corrected chi connectivity index (χ3v) is 4.36. The third-order valence-electron chi connectivity index (χ3n) is 4.36. The van der Waals surface area contributed by atoms with Crippen molar-refractivity contribution in [2.75, 3.05) is 18.6 Å². The fourth-order valence-corrected chi connectivity index (χ4v) is 3.05. The second kappa shape index (κ2) is 7.47. The number of methoxy groups -OCH3 is 1. The van der Waals surface area contributed by atoms with Crippen LogP contribution in [0.3, 0.4) is 0 Å². The first-order chi connectivity index (χ1) is 12.5. The van der Waals surface area contributed by atoms with Gasteiger partial charge in [-0.25, -0.2) is 0 Å². The van der Waals surface area contributed by atoms with E-state index in [4.69, 9.17) is 9.47 Å². The van der Waals surface area contributed by atoms with Gasteiger partial charge in [-0.1, -0.05) is 30.3 Å². The summed E-state index contributed by atoms with van der Waals surface area (Å²) >= 11 is 0. The Hall–Kier alpha value is -3.02. The van der Waals surface area contributed by atoms with Gasteiger partial charge in [-0.05, 0) is 32.0 Å². The number of hydrogen-bond acceptors (Lipinski definition) is 4. The molecule has 1 N–H and O–H groups in total. The van der Waals surface area contributed by atoms with Crippen molar-refractivity contribution in [1.29, 1.82) is 0 Å². The second-order valence-corrected chi connectivity index (χ2v) is 6.18. The van der Waals surface area contributed by atoms with Gasteiger partial charge >= 0.3 is 0 Å². The maximum atomic E-state index is 12.6. The molecule has 1 aliphatic heterocycles. The normalized spacial score (nSPS) is 17.1. The Morgan fingerprint density at radius 3 is 2.69 bits per heavy atom. The molecule has 0 aromatic heterocycles. The van der Waals surface area contributed by atoms with Gasteiger partial charge in [0.15, 0.2) is 6.10 Å². The van der Waals surface area contributed by atoms with Gasteiger partial charge in [0.05, 0.1) is 18.8 Å². The fourth-order valence-electron chi connectivity index (χ4n) is 3.05. The van der Waals surface area contributed by atoms with E-state index in [9.17, 15) is 9.59 Å². The number of carbonyl (C=O) groups is 2. The minimum Gasteiger partial charge on any atom is -0.496 e. The number of amides is 2. The highest BCUT2D eigenvalue weighted by atomic mass is 16.5. The summed E-state index contributed by atoms with van der Waals surface area (Å²) in [6.45, 7) is 3.50. The van der Waals surface area contributed by atoms with Crippen molar-refractivity contribution >= 4 is 17.5 Å². The molecule has 0 radical (unpaired) electrons. The van der Waals surface area contributed by atoms with Crippen LogP contribution in [-0.4, -0.2) is 31.6 Å². The third kappa shape index (κ3) is 3.49. The monoisotopic (exact) mass is 354 g/mol. The summed E-state index contributed by atoms with van der Waals surface area (Å²) in [5.74, 6) is 0.830. The van der Waals surface area contributed by atoms with Crippen LogP contribution < -0.4 is 19.7 Å². The van der Waals surface area contributed by atoms with Gasteiger partial charge in [0, 0.05) is 5.56 Å². The van der Waals surface area contributed by atoms with Crippen LogP contribution in [0.2, 0.25) is 0 Å². The van der Waals surface area contributed by atoms with E-state index in [0.717, 1.165) is 5.56 Å². The van der Waals surface area contributed by atoms with Gasteiger partial charge in [-0.2, -0.15) is 0 Å². The van der Waals surface area contributed by atoms with Gasteiger partial charge in [0.1, 0.15) is 18.0 Å². The lowest BCUT2D eigenvalue weighted by Gasteiger charge is -2.32. The molecule has 0 aliphatic carbocycles. The summed E-state index contributed by atoms with van der Waals surface area (Å²) in [5, 5.41) is 2.93. The molecule has 6 nitrogen and oxygen atoms in total. The van der Waals surface area contributed by atoms with Crippen molar-refractivity contribution < 1.29 is 19.1 Å². The number of para-hydroxylation sites is 3. The molecule has 0 bridgehead atoms. The molecular formula is C20H22N2O4. The zero-order valence-electron chi connectivity index (χ0n) is 15.1. The van der Waals surface area contributed by atoms with Gasteiger partial charge in [-0.3, -0.25) is 14.5 Å². The number of benzene rings is 2. The van der Waals surface area contributed by atoms with Crippen LogP contribution in [0.1, 0.15) is 25.5 Å². The van der Waals surface area contributed by atoms with Gasteiger partial charge in [-0.15, -0.1) is 0 Å². The van der Waals surface area contributed by atoms with E-state index in [0.29, 0.717) is 17.2 Å². The molecule has 1 heterocycles. The van der Waals surface area contributed by atoms with Crippen LogP contribution in [0.5, 0.6) is 11.5 Å². The molecule has 136 valence electrons. The second-order valence-electron chi connectivity index (χ2n) is 6.18. The number of carbonyl (C=O) groups excluding carboxylic acids is 2. The van der Waals surface area contributed by atoms with Crippen LogP contribution in [0.15, 0.2) is 48.5 Å². The quantitative estimate of drug-likeness (QED) is 0.896. The van der Waals surface area contributed by atoms with Crippen LogP contribution in [0, 0.1) is 0 Å². The summed E-state index contributed by atoms with van der Waals surface area (Å²) in [6.07, 6.45) is -0.621. The molecule has 0 saturated carbocycles. The molecule has 0 saturated heterocycles. The van der Waals surface area contributed by atoms with Crippen LogP contribution in [0.4, 0.5) is 5.69 Å². The van der Waals surface area contributed by atoms with E-state index in [2.05, 4.69) is 5.32 Å². The maximum Gasteiger partial charge on any atom is 0.268 e. The van der Waals surface area contributed by atoms with Crippen molar-refractivity contribution in [1.82, 2.24) is 5.32 Å². The molecule has 1 aliphatic rings. The zero-order valence-corrected chi connectivity index (χ0v) is 15.1. The van der Waals surface area contributed by atoms with E-state index in [1.165, 1.54) is 4.90 Å². The van der Waals surface area contributed by atoms with E-state index in [-0.39, 0.29) is 24.4 Å². The predicted octanol–water partition coefficient (Wildman–Crippen LogP) is 2.69. The van der Waals surface area contributed by atoms with Gasteiger partial charge in [0.25, 0.3) is 5.91 Å². The topological polar surface area (TPSA) is 67.9 Å². The summed E-state index contributed by atoms with van der Waals surface area (Å²) in [7, 11) is 1.60. The standard InChI is InChI=1S/C20H22N2O4/c1-13(15-8-4-6-10-17(15)25-3)21-19(23)12-22-16-9-5-7-11-18(16)26-14(2)20(22)24/h4-11,13-14H,12H2,1-3H3,(H,21,23)/t13-,14-/m1/s1. The maximum absolute atomic E-state index is 12.6. The number of anilines is 1. The lowest BCUT2D eigenvalue weighted by molar-refractivity contribution is -0.128. The Morgan fingerprint density at radius 1 is 1.23 bits per heavy atom. The molecule has 0 spiro atoms. The molecule has 0 unspecified atom stereocenters. The molecular weight excluding hydrogens is 332 g/mol. The van der Waals surface area contributed by atoms with Crippen molar-refractivity contribution in [3.63, 3.8) is 0 Å². The first kappa shape index (κ1) is 17.8. The van der Waals surface area contributed by atoms with E-state index < -0.39 is 6.10 Å². The Kier molecular flexibility index (Phi) is 5.11. The van der Waals surface area contributed by atoms with Crippen molar-refractivity contribution in [3.8, 4) is 11.5 Å². The zero-order chi connectivity index (χ0) is 18.7. The first-order valence-electron chi connectivity index (χ1n) is 8.50. The number of nitrogens with one attached hydrogen (secondary N) is 1. The summed E-state index contributed by atoms with van der Waals surface area (Å²) in [4.78, 5) is 26.5.